The van der Waals surface area contributed by atoms with Crippen LogP contribution in [0.2, 0.25) is 5.02 Å². The van der Waals surface area contributed by atoms with Crippen molar-refractivity contribution < 1.29 is 64.3 Å². The van der Waals surface area contributed by atoms with Gasteiger partial charge in [0.1, 0.15) is 0 Å². The van der Waals surface area contributed by atoms with Gasteiger partial charge < -0.3 is 12.9 Å². The Kier molecular flexibility index (Phi) is 6.16. The van der Waals surface area contributed by atoms with Crippen LogP contribution in [-0.4, -0.2) is 6.98 Å². The molecule has 0 aliphatic heterocycles. The molecule has 0 bridgehead atoms. The zero-order valence-corrected chi connectivity index (χ0v) is 12.2. The fourth-order valence-electron chi connectivity index (χ4n) is 0.773. The molecule has 1 rings (SSSR count). The summed E-state index contributed by atoms with van der Waals surface area (Å²) in [7, 11) is 0. The van der Waals surface area contributed by atoms with E-state index in [1.807, 2.05) is 0 Å². The van der Waals surface area contributed by atoms with E-state index in [2.05, 4.69) is 15.9 Å². The Labute approximate surface area is 130 Å². The summed E-state index contributed by atoms with van der Waals surface area (Å²) in [4.78, 5) is 0. The van der Waals surface area contributed by atoms with Gasteiger partial charge in [-0.3, -0.25) is 0 Å². The Hall–Kier alpha value is 1.48. The van der Waals surface area contributed by atoms with E-state index >= 15 is 0 Å². The first-order valence-corrected chi connectivity index (χ1v) is 4.24. The number of rotatable bonds is 1. The van der Waals surface area contributed by atoms with Crippen molar-refractivity contribution >= 4 is 40.0 Å². The van der Waals surface area contributed by atoms with Crippen LogP contribution in [0.1, 0.15) is 0 Å². The van der Waals surface area contributed by atoms with E-state index in [-0.39, 0.29) is 60.9 Å². The second-order valence-electron chi connectivity index (χ2n) is 2.22. The van der Waals surface area contributed by atoms with Crippen LogP contribution in [0.5, 0.6) is 0 Å². The van der Waals surface area contributed by atoms with Gasteiger partial charge in [0.15, 0.2) is 0 Å². The number of benzene rings is 1. The van der Waals surface area contributed by atoms with Gasteiger partial charge in [0.05, 0.1) is 0 Å². The van der Waals surface area contributed by atoms with Gasteiger partial charge in [-0.05, 0) is 22.0 Å². The first-order chi connectivity index (χ1) is 5.43. The summed E-state index contributed by atoms with van der Waals surface area (Å²) < 4.78 is 36.8. The largest absolute Gasteiger partial charge is 1.00 e. The molecular formula is C6H3BBrClF3K. The molecule has 0 aromatic heterocycles. The quantitative estimate of drug-likeness (QED) is 0.648. The molecule has 13 heavy (non-hydrogen) atoms. The van der Waals surface area contributed by atoms with Crippen LogP contribution in [0.3, 0.4) is 0 Å². The first-order valence-electron chi connectivity index (χ1n) is 3.07. The Balaban J connectivity index is 0.00000144. The van der Waals surface area contributed by atoms with Crippen molar-refractivity contribution in [2.75, 3.05) is 0 Å². The van der Waals surface area contributed by atoms with Crippen LogP contribution in [0, 0.1) is 0 Å². The molecule has 0 N–H and O–H groups in total. The average Bonchev–Trinajstić information content (AvgIpc) is 1.92. The van der Waals surface area contributed by atoms with Crippen LogP contribution < -0.4 is 56.8 Å². The van der Waals surface area contributed by atoms with Gasteiger partial charge in [-0.15, -0.1) is 0 Å². The molecule has 0 heterocycles. The predicted octanol–water partition coefficient (Wildman–Crippen LogP) is 0.161. The van der Waals surface area contributed by atoms with Crippen molar-refractivity contribution in [2.24, 2.45) is 0 Å². The van der Waals surface area contributed by atoms with Crippen molar-refractivity contribution in [3.8, 4) is 0 Å². The third-order valence-corrected chi connectivity index (χ3v) is 2.65. The van der Waals surface area contributed by atoms with E-state index in [1.165, 1.54) is 12.1 Å². The SMILES string of the molecule is F[B-](F)(F)c1cccc(Br)c1Cl.[K+]. The molecule has 0 aliphatic rings. The van der Waals surface area contributed by atoms with Crippen LogP contribution in [0.4, 0.5) is 12.9 Å². The fourth-order valence-corrected chi connectivity index (χ4v) is 1.40. The van der Waals surface area contributed by atoms with E-state index in [4.69, 9.17) is 11.6 Å². The maximum Gasteiger partial charge on any atom is 1.00 e. The van der Waals surface area contributed by atoms with Gasteiger partial charge in [-0.2, -0.15) is 0 Å². The third kappa shape index (κ3) is 3.85. The molecule has 0 spiro atoms. The van der Waals surface area contributed by atoms with Gasteiger partial charge in [0.2, 0.25) is 0 Å². The van der Waals surface area contributed by atoms with E-state index in [1.54, 1.807) is 0 Å². The molecule has 0 nitrogen and oxygen atoms in total. The zero-order chi connectivity index (χ0) is 9.35. The minimum Gasteiger partial charge on any atom is -0.445 e. The third-order valence-electron chi connectivity index (χ3n) is 1.33. The van der Waals surface area contributed by atoms with Crippen molar-refractivity contribution in [2.45, 2.75) is 0 Å². The molecule has 0 fully saturated rings. The van der Waals surface area contributed by atoms with Crippen molar-refractivity contribution in [1.29, 1.82) is 0 Å². The molecule has 1 aromatic rings. The zero-order valence-electron chi connectivity index (χ0n) is 6.70. The van der Waals surface area contributed by atoms with Crippen molar-refractivity contribution in [3.63, 3.8) is 0 Å². The molecule has 0 unspecified atom stereocenters. The number of hydrogen-bond acceptors (Lipinski definition) is 0. The predicted molar refractivity (Wildman–Crippen MR) is 47.9 cm³/mol. The van der Waals surface area contributed by atoms with Crippen LogP contribution >= 0.6 is 27.5 Å². The van der Waals surface area contributed by atoms with E-state index in [0.717, 1.165) is 6.07 Å². The topological polar surface area (TPSA) is 0 Å². The second-order valence-corrected chi connectivity index (χ2v) is 3.45. The minimum atomic E-state index is -5.01. The molecule has 0 aliphatic carbocycles. The normalized spacial score (nSPS) is 10.8. The minimum absolute atomic E-state index is 0. The van der Waals surface area contributed by atoms with Crippen molar-refractivity contribution in [1.82, 2.24) is 0 Å². The molecule has 7 heteroatoms. The van der Waals surface area contributed by atoms with Crippen molar-refractivity contribution in [3.05, 3.63) is 27.7 Å². The van der Waals surface area contributed by atoms with Gasteiger partial charge in [-0.1, -0.05) is 29.2 Å². The molecule has 0 atom stereocenters. The first kappa shape index (κ1) is 14.5. The van der Waals surface area contributed by atoms with E-state index in [9.17, 15) is 12.9 Å². The number of halogens is 5. The van der Waals surface area contributed by atoms with Crippen LogP contribution in [-0.2, 0) is 0 Å². The van der Waals surface area contributed by atoms with Gasteiger partial charge >= 0.3 is 58.4 Å². The maximum atomic E-state index is 12.2. The van der Waals surface area contributed by atoms with E-state index in [0.29, 0.717) is 0 Å². The maximum absolute atomic E-state index is 12.2. The molecular weight excluding hydrogens is 294 g/mol. The molecule has 0 radical (unpaired) electrons. The summed E-state index contributed by atoms with van der Waals surface area (Å²) in [5.74, 6) is 0. The summed E-state index contributed by atoms with van der Waals surface area (Å²) in [5.41, 5.74) is -0.758. The monoisotopic (exact) mass is 296 g/mol. The Morgan fingerprint density at radius 1 is 1.23 bits per heavy atom. The molecule has 0 saturated heterocycles. The van der Waals surface area contributed by atoms with Gasteiger partial charge in [0.25, 0.3) is 0 Å². The van der Waals surface area contributed by atoms with Crippen LogP contribution in [0.15, 0.2) is 22.7 Å². The number of hydrogen-bond donors (Lipinski definition) is 0. The van der Waals surface area contributed by atoms with Gasteiger partial charge in [0, 0.05) is 9.50 Å². The summed E-state index contributed by atoms with van der Waals surface area (Å²) in [6, 6.07) is 3.74. The molecule has 66 valence electrons. The summed E-state index contributed by atoms with van der Waals surface area (Å²) in [6.07, 6.45) is 0. The van der Waals surface area contributed by atoms with E-state index < -0.39 is 12.4 Å². The Morgan fingerprint density at radius 2 is 1.77 bits per heavy atom. The smallest absolute Gasteiger partial charge is 0.445 e. The summed E-state index contributed by atoms with van der Waals surface area (Å²) >= 11 is 8.34. The summed E-state index contributed by atoms with van der Waals surface area (Å²) in [6.45, 7) is -5.01. The molecule has 1 aromatic carbocycles. The summed E-state index contributed by atoms with van der Waals surface area (Å²) in [5, 5.41) is -0.273. The Morgan fingerprint density at radius 3 is 2.15 bits per heavy atom. The Bertz CT molecular complexity index is 304. The average molecular weight is 297 g/mol. The standard InChI is InChI=1S/C6H3BBrClF3.K/c8-5-3-1-2-4(6(5)9)7(10,11)12;/h1-3H;/q-1;+1. The fraction of sp³-hybridized carbons (Fsp3) is 0. The van der Waals surface area contributed by atoms with Crippen LogP contribution in [0.25, 0.3) is 0 Å². The second kappa shape index (κ2) is 5.53. The van der Waals surface area contributed by atoms with Gasteiger partial charge in [-0.25, -0.2) is 0 Å². The molecule has 0 amide bonds. The molecule has 0 saturated carbocycles.